The van der Waals surface area contributed by atoms with E-state index in [-0.39, 0.29) is 11.8 Å². The summed E-state index contributed by atoms with van der Waals surface area (Å²) in [6, 6.07) is 22.1. The van der Waals surface area contributed by atoms with Crippen LogP contribution >= 0.6 is 0 Å². The molecule has 0 saturated heterocycles. The van der Waals surface area contributed by atoms with Crippen molar-refractivity contribution in [1.82, 2.24) is 19.7 Å². The van der Waals surface area contributed by atoms with Crippen molar-refractivity contribution in [3.8, 4) is 17.2 Å². The van der Waals surface area contributed by atoms with Gasteiger partial charge in [-0.05, 0) is 25.5 Å². The lowest BCUT2D eigenvalue weighted by molar-refractivity contribution is -0.116. The summed E-state index contributed by atoms with van der Waals surface area (Å²) in [5.74, 6) is 0.968. The molecule has 5 rings (SSSR count). The van der Waals surface area contributed by atoms with Crippen molar-refractivity contribution >= 4 is 11.7 Å². The maximum absolute atomic E-state index is 12.7. The largest absolute Gasteiger partial charge is 0.310 e. The highest BCUT2D eigenvalue weighted by Crippen LogP contribution is 2.43. The Balaban J connectivity index is 1.79. The fourth-order valence-electron chi connectivity index (χ4n) is 4.08. The van der Waals surface area contributed by atoms with E-state index in [9.17, 15) is 4.79 Å². The zero-order chi connectivity index (χ0) is 20.7. The van der Waals surface area contributed by atoms with Crippen LogP contribution in [0.25, 0.3) is 17.2 Å². The smallest absolute Gasteiger partial charge is 0.252 e. The third-order valence-electron chi connectivity index (χ3n) is 5.33. The molecular formula is C24H21N5O. The number of rotatable bonds is 3. The van der Waals surface area contributed by atoms with Gasteiger partial charge in [-0.3, -0.25) is 4.79 Å². The lowest BCUT2D eigenvalue weighted by atomic mass is 9.84. The summed E-state index contributed by atoms with van der Waals surface area (Å²) in [4.78, 5) is 21.8. The van der Waals surface area contributed by atoms with Crippen LogP contribution in [0.5, 0.6) is 0 Å². The number of hydrogen-bond donors (Lipinski definition) is 1. The van der Waals surface area contributed by atoms with Gasteiger partial charge in [0, 0.05) is 34.9 Å². The van der Waals surface area contributed by atoms with E-state index in [1.165, 1.54) is 0 Å². The molecule has 0 unspecified atom stereocenters. The van der Waals surface area contributed by atoms with Crippen LogP contribution in [0, 0.1) is 13.8 Å². The van der Waals surface area contributed by atoms with Crippen LogP contribution in [0.4, 0.5) is 5.82 Å². The number of hydrogen-bond acceptors (Lipinski definition) is 4. The SMILES string of the molecule is Cc1cc(C)nc(-n2nc(-c3ccccc3)c3c2NC(=O)C[C@H]3c2ccccc2)n1. The molecule has 1 amide bonds. The summed E-state index contributed by atoms with van der Waals surface area (Å²) in [6.07, 6.45) is 0.371. The second-order valence-electron chi connectivity index (χ2n) is 7.55. The quantitative estimate of drug-likeness (QED) is 0.557. The summed E-state index contributed by atoms with van der Waals surface area (Å²) in [7, 11) is 0. The average Bonchev–Trinajstić information content (AvgIpc) is 3.13. The standard InChI is InChI=1S/C24H21N5O/c1-15-13-16(2)26-24(25-15)29-23-21(22(28-29)18-11-7-4-8-12-18)19(14-20(30)27-23)17-9-5-3-6-10-17/h3-13,19H,14H2,1-2H3,(H,27,30)/t19-/m0/s1. The molecule has 0 bridgehead atoms. The predicted octanol–water partition coefficient (Wildman–Crippen LogP) is 4.42. The van der Waals surface area contributed by atoms with Gasteiger partial charge in [-0.25, -0.2) is 9.97 Å². The number of amides is 1. The Bertz CT molecular complexity index is 1210. The summed E-state index contributed by atoms with van der Waals surface area (Å²) >= 11 is 0. The molecule has 1 atom stereocenters. The van der Waals surface area contributed by atoms with E-state index < -0.39 is 0 Å². The van der Waals surface area contributed by atoms with Gasteiger partial charge in [0.05, 0.1) is 5.69 Å². The second kappa shape index (κ2) is 7.22. The Morgan fingerprint density at radius 1 is 0.933 bits per heavy atom. The molecular weight excluding hydrogens is 374 g/mol. The van der Waals surface area contributed by atoms with E-state index in [1.54, 1.807) is 4.68 Å². The maximum atomic E-state index is 12.7. The number of aryl methyl sites for hydroxylation is 2. The first-order valence-corrected chi connectivity index (χ1v) is 9.96. The van der Waals surface area contributed by atoms with Crippen LogP contribution in [0.2, 0.25) is 0 Å². The molecule has 0 spiro atoms. The summed E-state index contributed by atoms with van der Waals surface area (Å²) in [5.41, 5.74) is 5.62. The van der Waals surface area contributed by atoms with Crippen molar-refractivity contribution < 1.29 is 4.79 Å². The summed E-state index contributed by atoms with van der Waals surface area (Å²) in [5, 5.41) is 7.94. The first-order chi connectivity index (χ1) is 14.6. The van der Waals surface area contributed by atoms with Crippen LogP contribution in [-0.4, -0.2) is 25.7 Å². The number of benzene rings is 2. The lowest BCUT2D eigenvalue weighted by Crippen LogP contribution is -2.25. The topological polar surface area (TPSA) is 72.7 Å². The average molecular weight is 395 g/mol. The maximum Gasteiger partial charge on any atom is 0.252 e. The highest BCUT2D eigenvalue weighted by Gasteiger charge is 2.34. The molecule has 6 nitrogen and oxygen atoms in total. The monoisotopic (exact) mass is 395 g/mol. The summed E-state index contributed by atoms with van der Waals surface area (Å²) in [6.45, 7) is 3.86. The molecule has 0 saturated carbocycles. The number of nitrogens with one attached hydrogen (secondary N) is 1. The van der Waals surface area contributed by atoms with E-state index >= 15 is 0 Å². The highest BCUT2D eigenvalue weighted by atomic mass is 16.1. The van der Waals surface area contributed by atoms with Crippen LogP contribution in [0.15, 0.2) is 66.7 Å². The van der Waals surface area contributed by atoms with Gasteiger partial charge in [-0.15, -0.1) is 0 Å². The molecule has 30 heavy (non-hydrogen) atoms. The molecule has 1 N–H and O–H groups in total. The van der Waals surface area contributed by atoms with Gasteiger partial charge in [0.25, 0.3) is 5.95 Å². The molecule has 2 aromatic carbocycles. The van der Waals surface area contributed by atoms with Gasteiger partial charge in [0.1, 0.15) is 5.82 Å². The third kappa shape index (κ3) is 3.16. The minimum Gasteiger partial charge on any atom is -0.310 e. The third-order valence-corrected chi connectivity index (χ3v) is 5.33. The van der Waals surface area contributed by atoms with E-state index in [4.69, 9.17) is 5.10 Å². The Morgan fingerprint density at radius 2 is 1.57 bits per heavy atom. The molecule has 2 aromatic heterocycles. The van der Waals surface area contributed by atoms with Crippen LogP contribution in [0.3, 0.4) is 0 Å². The Morgan fingerprint density at radius 3 is 2.23 bits per heavy atom. The number of anilines is 1. The second-order valence-corrected chi connectivity index (χ2v) is 7.55. The first-order valence-electron chi connectivity index (χ1n) is 9.96. The number of nitrogens with zero attached hydrogens (tertiary/aromatic N) is 4. The number of fused-ring (bicyclic) bond motifs is 1. The van der Waals surface area contributed by atoms with Crippen LogP contribution < -0.4 is 5.32 Å². The van der Waals surface area contributed by atoms with E-state index in [1.807, 2.05) is 68.4 Å². The normalized spacial score (nSPS) is 15.5. The molecule has 1 aliphatic heterocycles. The van der Waals surface area contributed by atoms with Crippen LogP contribution in [0.1, 0.15) is 34.9 Å². The van der Waals surface area contributed by atoms with Gasteiger partial charge < -0.3 is 5.32 Å². The Labute approximate surface area is 174 Å². The predicted molar refractivity (Wildman–Crippen MR) is 116 cm³/mol. The van der Waals surface area contributed by atoms with Crippen molar-refractivity contribution in [2.75, 3.05) is 5.32 Å². The Hall–Kier alpha value is -3.80. The zero-order valence-electron chi connectivity index (χ0n) is 16.8. The summed E-state index contributed by atoms with van der Waals surface area (Å²) < 4.78 is 1.67. The zero-order valence-corrected chi connectivity index (χ0v) is 16.8. The van der Waals surface area contributed by atoms with Gasteiger partial charge >= 0.3 is 0 Å². The lowest BCUT2D eigenvalue weighted by Gasteiger charge is -2.24. The van der Waals surface area contributed by atoms with Gasteiger partial charge in [-0.2, -0.15) is 9.78 Å². The van der Waals surface area contributed by atoms with E-state index in [0.29, 0.717) is 18.2 Å². The van der Waals surface area contributed by atoms with Crippen LogP contribution in [-0.2, 0) is 4.79 Å². The minimum absolute atomic E-state index is 0.0403. The van der Waals surface area contributed by atoms with E-state index in [2.05, 4.69) is 27.4 Å². The number of carbonyl (C=O) groups is 1. The van der Waals surface area contributed by atoms with E-state index in [0.717, 1.165) is 33.8 Å². The Kier molecular flexibility index (Phi) is 4.39. The van der Waals surface area contributed by atoms with Crippen molar-refractivity contribution in [2.24, 2.45) is 0 Å². The molecule has 0 fully saturated rings. The molecule has 6 heteroatoms. The number of carbonyl (C=O) groups excluding carboxylic acids is 1. The van der Waals surface area contributed by atoms with Crippen molar-refractivity contribution in [3.63, 3.8) is 0 Å². The number of aromatic nitrogens is 4. The molecule has 0 aliphatic carbocycles. The van der Waals surface area contributed by atoms with Gasteiger partial charge in [-0.1, -0.05) is 60.7 Å². The van der Waals surface area contributed by atoms with Crippen molar-refractivity contribution in [1.29, 1.82) is 0 Å². The van der Waals surface area contributed by atoms with Crippen molar-refractivity contribution in [2.45, 2.75) is 26.2 Å². The molecule has 1 aliphatic rings. The molecule has 3 heterocycles. The fourth-order valence-corrected chi connectivity index (χ4v) is 4.08. The van der Waals surface area contributed by atoms with Crippen molar-refractivity contribution in [3.05, 3.63) is 89.2 Å². The highest BCUT2D eigenvalue weighted by molar-refractivity contribution is 5.96. The van der Waals surface area contributed by atoms with Gasteiger partial charge in [0.2, 0.25) is 5.91 Å². The molecule has 148 valence electrons. The first kappa shape index (κ1) is 18.2. The van der Waals surface area contributed by atoms with Gasteiger partial charge in [0.15, 0.2) is 0 Å². The molecule has 0 radical (unpaired) electrons. The molecule has 4 aromatic rings. The fraction of sp³-hybridized carbons (Fsp3) is 0.167. The minimum atomic E-state index is -0.0928.